The van der Waals surface area contributed by atoms with Crippen LogP contribution in [-0.2, 0) is 10.3 Å². The third kappa shape index (κ3) is 3.56. The number of carbonyl (C=O) groups excluding carboxylic acids is 1. The van der Waals surface area contributed by atoms with Crippen LogP contribution < -0.4 is 5.73 Å². The second kappa shape index (κ2) is 7.83. The van der Waals surface area contributed by atoms with E-state index >= 15 is 0 Å². The molecule has 4 nitrogen and oxygen atoms in total. The predicted octanol–water partition coefficient (Wildman–Crippen LogP) is 3.22. The Balaban J connectivity index is 2.00. The van der Waals surface area contributed by atoms with Crippen LogP contribution in [0.1, 0.15) is 30.4 Å². The van der Waals surface area contributed by atoms with Gasteiger partial charge in [0.15, 0.2) is 11.3 Å². The molecule has 0 aliphatic carbocycles. The van der Waals surface area contributed by atoms with Gasteiger partial charge in [-0.1, -0.05) is 60.7 Å². The van der Waals surface area contributed by atoms with Gasteiger partial charge in [-0.2, -0.15) is 0 Å². The maximum atomic E-state index is 13.4. The summed E-state index contributed by atoms with van der Waals surface area (Å²) in [7, 11) is 4.11. The number of hydrogen-bond acceptors (Lipinski definition) is 4. The van der Waals surface area contributed by atoms with E-state index in [1.54, 1.807) is 0 Å². The molecule has 1 heterocycles. The number of nitrogens with two attached hydrogens (primary N) is 1. The zero-order chi connectivity index (χ0) is 18.6. The number of aliphatic imine (C=N–C) groups is 1. The fraction of sp³-hybridized carbons (Fsp3) is 0.364. The largest absolute Gasteiger partial charge is 0.387 e. The van der Waals surface area contributed by atoms with E-state index in [1.807, 2.05) is 60.7 Å². The van der Waals surface area contributed by atoms with Gasteiger partial charge in [-0.3, -0.25) is 4.79 Å². The lowest BCUT2D eigenvalue weighted by Gasteiger charge is -2.36. The van der Waals surface area contributed by atoms with Crippen LogP contribution in [0.2, 0.25) is 0 Å². The molecule has 0 saturated heterocycles. The summed E-state index contributed by atoms with van der Waals surface area (Å²) in [6.07, 6.45) is 2.33. The van der Waals surface area contributed by atoms with Crippen molar-refractivity contribution in [1.29, 1.82) is 0 Å². The molecule has 1 unspecified atom stereocenters. The topological polar surface area (TPSA) is 58.7 Å². The third-order valence-corrected chi connectivity index (χ3v) is 5.09. The number of carbonyl (C=O) groups is 1. The first-order valence-electron chi connectivity index (χ1n) is 9.18. The van der Waals surface area contributed by atoms with E-state index < -0.39 is 5.54 Å². The fourth-order valence-corrected chi connectivity index (χ4v) is 3.70. The summed E-state index contributed by atoms with van der Waals surface area (Å²) >= 11 is 0. The van der Waals surface area contributed by atoms with Crippen molar-refractivity contribution >= 4 is 11.6 Å². The lowest BCUT2D eigenvalue weighted by molar-refractivity contribution is -0.124. The van der Waals surface area contributed by atoms with E-state index in [9.17, 15) is 4.79 Å². The molecule has 0 saturated carbocycles. The van der Waals surface area contributed by atoms with E-state index in [2.05, 4.69) is 19.0 Å². The Kier molecular flexibility index (Phi) is 5.52. The highest BCUT2D eigenvalue weighted by molar-refractivity contribution is 6.02. The molecule has 2 aromatic rings. The first-order valence-corrected chi connectivity index (χ1v) is 9.18. The molecule has 4 heteroatoms. The van der Waals surface area contributed by atoms with Gasteiger partial charge in [-0.15, -0.1) is 0 Å². The summed E-state index contributed by atoms with van der Waals surface area (Å²) in [6.45, 7) is 0.987. The quantitative estimate of drug-likeness (QED) is 0.871. The molecule has 0 radical (unpaired) electrons. The minimum absolute atomic E-state index is 0.0306. The number of benzene rings is 2. The summed E-state index contributed by atoms with van der Waals surface area (Å²) in [5.41, 5.74) is 7.13. The smallest absolute Gasteiger partial charge is 0.171 e. The first-order chi connectivity index (χ1) is 12.5. The number of hydrogen-bond donors (Lipinski definition) is 1. The van der Waals surface area contributed by atoms with Crippen LogP contribution in [0.4, 0.5) is 0 Å². The third-order valence-electron chi connectivity index (χ3n) is 5.09. The molecule has 136 valence electrons. The van der Waals surface area contributed by atoms with Gasteiger partial charge in [-0.05, 0) is 44.6 Å². The van der Waals surface area contributed by atoms with Gasteiger partial charge in [-0.25, -0.2) is 4.99 Å². The molecule has 3 rings (SSSR count). The highest BCUT2D eigenvalue weighted by Crippen LogP contribution is 2.40. The fourth-order valence-electron chi connectivity index (χ4n) is 3.70. The highest BCUT2D eigenvalue weighted by Gasteiger charge is 2.45. The Labute approximate surface area is 155 Å². The molecule has 0 aromatic heterocycles. The van der Waals surface area contributed by atoms with Crippen molar-refractivity contribution < 1.29 is 4.79 Å². The van der Waals surface area contributed by atoms with Gasteiger partial charge in [0.1, 0.15) is 0 Å². The van der Waals surface area contributed by atoms with Crippen molar-refractivity contribution in [2.24, 2.45) is 16.6 Å². The molecule has 1 atom stereocenters. The number of ketones is 1. The summed E-state index contributed by atoms with van der Waals surface area (Å²) in [4.78, 5) is 20.4. The van der Waals surface area contributed by atoms with Crippen LogP contribution in [-0.4, -0.2) is 37.2 Å². The number of amidine groups is 1. The van der Waals surface area contributed by atoms with Crippen molar-refractivity contribution in [1.82, 2.24) is 4.90 Å². The van der Waals surface area contributed by atoms with Crippen molar-refractivity contribution in [2.75, 3.05) is 20.6 Å². The van der Waals surface area contributed by atoms with E-state index in [0.717, 1.165) is 30.5 Å². The number of nitrogens with zero attached hydrogens (tertiary/aromatic N) is 2. The SMILES string of the molecule is CN(C)CCCC1CC(=O)C(c2ccccc2)(c2ccccc2)N=C1N. The normalized spacial score (nSPS) is 19.4. The Bertz CT molecular complexity index is 729. The minimum atomic E-state index is -1.02. The van der Waals surface area contributed by atoms with Crippen LogP contribution in [0.15, 0.2) is 65.7 Å². The monoisotopic (exact) mass is 349 g/mol. The highest BCUT2D eigenvalue weighted by atomic mass is 16.1. The molecular weight excluding hydrogens is 322 g/mol. The molecule has 1 aliphatic heterocycles. The molecule has 1 aliphatic rings. The molecular formula is C22H27N3O. The Morgan fingerprint density at radius 2 is 1.58 bits per heavy atom. The predicted molar refractivity (Wildman–Crippen MR) is 106 cm³/mol. The van der Waals surface area contributed by atoms with Gasteiger partial charge in [0.05, 0.1) is 5.84 Å². The molecule has 2 aromatic carbocycles. The molecule has 0 bridgehead atoms. The molecule has 0 fully saturated rings. The van der Waals surface area contributed by atoms with Crippen molar-refractivity contribution in [3.8, 4) is 0 Å². The molecule has 0 spiro atoms. The Hall–Kier alpha value is -2.46. The van der Waals surface area contributed by atoms with Crippen LogP contribution in [0.5, 0.6) is 0 Å². The van der Waals surface area contributed by atoms with Crippen molar-refractivity contribution in [2.45, 2.75) is 24.8 Å². The zero-order valence-corrected chi connectivity index (χ0v) is 15.6. The summed E-state index contributed by atoms with van der Waals surface area (Å²) in [5.74, 6) is 0.748. The van der Waals surface area contributed by atoms with Gasteiger partial charge in [0, 0.05) is 12.3 Å². The van der Waals surface area contributed by atoms with Crippen LogP contribution in [0.3, 0.4) is 0 Å². The van der Waals surface area contributed by atoms with Crippen molar-refractivity contribution in [3.05, 3.63) is 71.8 Å². The van der Waals surface area contributed by atoms with E-state index in [0.29, 0.717) is 12.3 Å². The Morgan fingerprint density at radius 1 is 1.04 bits per heavy atom. The first kappa shape index (κ1) is 18.3. The van der Waals surface area contributed by atoms with E-state index in [4.69, 9.17) is 10.7 Å². The van der Waals surface area contributed by atoms with Gasteiger partial charge >= 0.3 is 0 Å². The lowest BCUT2D eigenvalue weighted by atomic mass is 9.74. The Morgan fingerprint density at radius 3 is 2.08 bits per heavy atom. The molecule has 26 heavy (non-hydrogen) atoms. The summed E-state index contributed by atoms with van der Waals surface area (Å²) < 4.78 is 0. The van der Waals surface area contributed by atoms with Crippen molar-refractivity contribution in [3.63, 3.8) is 0 Å². The average Bonchev–Trinajstić information content (AvgIpc) is 2.65. The number of rotatable bonds is 6. The standard InChI is InChI=1S/C22H27N3O/c1-25(2)15-9-10-17-16-20(26)22(24-21(17)23,18-11-5-3-6-12-18)19-13-7-4-8-14-19/h3-8,11-14,17H,9-10,15-16H2,1-2H3,(H2,23,24). The summed E-state index contributed by atoms with van der Waals surface area (Å²) in [6, 6.07) is 19.6. The average molecular weight is 349 g/mol. The zero-order valence-electron chi connectivity index (χ0n) is 15.6. The second-order valence-corrected chi connectivity index (χ2v) is 7.25. The number of Topliss-reactive ketones (excluding diaryl/α,β-unsaturated/α-hetero) is 1. The van der Waals surface area contributed by atoms with E-state index in [-0.39, 0.29) is 11.7 Å². The maximum Gasteiger partial charge on any atom is 0.171 e. The minimum Gasteiger partial charge on any atom is -0.387 e. The maximum absolute atomic E-state index is 13.4. The lowest BCUT2D eigenvalue weighted by Crippen LogP contribution is -2.45. The van der Waals surface area contributed by atoms with E-state index in [1.165, 1.54) is 0 Å². The second-order valence-electron chi connectivity index (χ2n) is 7.25. The molecule has 2 N–H and O–H groups in total. The summed E-state index contributed by atoms with van der Waals surface area (Å²) in [5, 5.41) is 0. The van der Waals surface area contributed by atoms with Crippen LogP contribution in [0, 0.1) is 5.92 Å². The molecule has 0 amide bonds. The van der Waals surface area contributed by atoms with Gasteiger partial charge in [0.2, 0.25) is 0 Å². The van der Waals surface area contributed by atoms with Crippen LogP contribution >= 0.6 is 0 Å². The van der Waals surface area contributed by atoms with Crippen LogP contribution in [0.25, 0.3) is 0 Å². The van der Waals surface area contributed by atoms with Gasteiger partial charge < -0.3 is 10.6 Å². The van der Waals surface area contributed by atoms with Gasteiger partial charge in [0.25, 0.3) is 0 Å².